The Morgan fingerprint density at radius 3 is 2.84 bits per heavy atom. The number of carbonyl (C=O) groups is 3. The van der Waals surface area contributed by atoms with Gasteiger partial charge in [-0.1, -0.05) is 17.7 Å². The molecule has 0 saturated carbocycles. The molecule has 0 spiro atoms. The number of benzene rings is 1. The van der Waals surface area contributed by atoms with E-state index in [1.54, 1.807) is 0 Å². The Labute approximate surface area is 149 Å². The standard InChI is InChI=1S/C17H18ClFN2O4/c18-13-8-11(3-5-14(13)19)4-6-16(23)25-10-15(22)21-7-1-2-12(9-21)17(20)24/h3-6,8,12H,1-2,7,9-10H2,(H2,20,24)/b6-4+/t12-/m1/s1. The number of esters is 1. The Bertz CT molecular complexity index is 708. The van der Waals surface area contributed by atoms with Crippen LogP contribution in [0.1, 0.15) is 18.4 Å². The third kappa shape index (κ3) is 5.56. The van der Waals surface area contributed by atoms with Crippen molar-refractivity contribution in [3.63, 3.8) is 0 Å². The summed E-state index contributed by atoms with van der Waals surface area (Å²) in [5.74, 6) is -2.44. The summed E-state index contributed by atoms with van der Waals surface area (Å²) in [5, 5.41) is -0.0557. The molecule has 2 N–H and O–H groups in total. The number of likely N-dealkylation sites (tertiary alicyclic amines) is 1. The smallest absolute Gasteiger partial charge is 0.331 e. The maximum absolute atomic E-state index is 13.0. The number of carbonyl (C=O) groups excluding carboxylic acids is 3. The van der Waals surface area contributed by atoms with Gasteiger partial charge in [-0.05, 0) is 36.6 Å². The van der Waals surface area contributed by atoms with Crippen molar-refractivity contribution in [3.05, 3.63) is 40.7 Å². The first-order valence-electron chi connectivity index (χ1n) is 7.74. The van der Waals surface area contributed by atoms with E-state index in [-0.39, 0.29) is 23.4 Å². The van der Waals surface area contributed by atoms with Crippen LogP contribution < -0.4 is 5.73 Å². The van der Waals surface area contributed by atoms with Gasteiger partial charge in [0.25, 0.3) is 5.91 Å². The SMILES string of the molecule is NC(=O)[C@@H]1CCCN(C(=O)COC(=O)/C=C/c2ccc(F)c(Cl)c2)C1. The van der Waals surface area contributed by atoms with Crippen LogP contribution >= 0.6 is 11.6 Å². The van der Waals surface area contributed by atoms with Gasteiger partial charge in [0.1, 0.15) is 5.82 Å². The number of nitrogens with two attached hydrogens (primary N) is 1. The summed E-state index contributed by atoms with van der Waals surface area (Å²) in [6.07, 6.45) is 3.86. The molecule has 2 rings (SSSR count). The van der Waals surface area contributed by atoms with Crippen molar-refractivity contribution in [2.24, 2.45) is 11.7 Å². The van der Waals surface area contributed by atoms with Crippen molar-refractivity contribution in [3.8, 4) is 0 Å². The molecule has 0 unspecified atom stereocenters. The Hall–Kier alpha value is -2.41. The molecule has 1 aromatic rings. The van der Waals surface area contributed by atoms with Crippen molar-refractivity contribution < 1.29 is 23.5 Å². The van der Waals surface area contributed by atoms with Crippen molar-refractivity contribution in [2.45, 2.75) is 12.8 Å². The highest BCUT2D eigenvalue weighted by atomic mass is 35.5. The highest BCUT2D eigenvalue weighted by molar-refractivity contribution is 6.30. The maximum atomic E-state index is 13.0. The Kier molecular flexibility index (Phi) is 6.52. The molecule has 1 saturated heterocycles. The van der Waals surface area contributed by atoms with Crippen LogP contribution in [0.4, 0.5) is 4.39 Å². The van der Waals surface area contributed by atoms with Crippen LogP contribution in [-0.4, -0.2) is 42.4 Å². The first-order valence-corrected chi connectivity index (χ1v) is 8.11. The van der Waals surface area contributed by atoms with Gasteiger partial charge in [0, 0.05) is 19.2 Å². The van der Waals surface area contributed by atoms with Gasteiger partial charge in [0.2, 0.25) is 5.91 Å². The molecule has 0 radical (unpaired) electrons. The second-order valence-corrected chi connectivity index (χ2v) is 6.10. The van der Waals surface area contributed by atoms with Crippen molar-refractivity contribution >= 4 is 35.5 Å². The lowest BCUT2D eigenvalue weighted by molar-refractivity contribution is -0.149. The summed E-state index contributed by atoms with van der Waals surface area (Å²) in [6.45, 7) is 0.332. The van der Waals surface area contributed by atoms with Crippen LogP contribution in [0.2, 0.25) is 5.02 Å². The van der Waals surface area contributed by atoms with Gasteiger partial charge in [-0.2, -0.15) is 0 Å². The Morgan fingerprint density at radius 2 is 2.16 bits per heavy atom. The van der Waals surface area contributed by atoms with Crippen LogP contribution in [0.15, 0.2) is 24.3 Å². The van der Waals surface area contributed by atoms with E-state index in [0.29, 0.717) is 24.9 Å². The molecule has 1 aromatic carbocycles. The topological polar surface area (TPSA) is 89.7 Å². The molecule has 0 aliphatic carbocycles. The number of piperidine rings is 1. The number of halogens is 2. The fourth-order valence-corrected chi connectivity index (χ4v) is 2.68. The van der Waals surface area contributed by atoms with E-state index in [2.05, 4.69) is 0 Å². The number of ether oxygens (including phenoxy) is 1. The molecule has 1 atom stereocenters. The quantitative estimate of drug-likeness (QED) is 0.633. The predicted molar refractivity (Wildman–Crippen MR) is 89.9 cm³/mol. The monoisotopic (exact) mass is 368 g/mol. The number of primary amides is 1. The van der Waals surface area contributed by atoms with Gasteiger partial charge in [-0.3, -0.25) is 9.59 Å². The second kappa shape index (κ2) is 8.62. The number of hydrogen-bond donors (Lipinski definition) is 1. The minimum absolute atomic E-state index is 0.0557. The van der Waals surface area contributed by atoms with Gasteiger partial charge in [0.05, 0.1) is 10.9 Å². The Balaban J connectivity index is 1.82. The molecule has 134 valence electrons. The number of nitrogens with zero attached hydrogens (tertiary/aromatic N) is 1. The third-order valence-electron chi connectivity index (χ3n) is 3.87. The largest absolute Gasteiger partial charge is 0.452 e. The minimum atomic E-state index is -0.711. The number of hydrogen-bond acceptors (Lipinski definition) is 4. The molecular formula is C17H18ClFN2O4. The van der Waals surface area contributed by atoms with Crippen LogP contribution in [0, 0.1) is 11.7 Å². The van der Waals surface area contributed by atoms with Crippen molar-refractivity contribution in [1.82, 2.24) is 4.90 Å². The molecular weight excluding hydrogens is 351 g/mol. The van der Waals surface area contributed by atoms with E-state index in [4.69, 9.17) is 22.1 Å². The van der Waals surface area contributed by atoms with E-state index in [0.717, 1.165) is 6.08 Å². The maximum Gasteiger partial charge on any atom is 0.331 e. The lowest BCUT2D eigenvalue weighted by atomic mass is 9.97. The van der Waals surface area contributed by atoms with Crippen LogP contribution in [0.3, 0.4) is 0 Å². The average Bonchev–Trinajstić information content (AvgIpc) is 2.60. The molecule has 1 aliphatic rings. The van der Waals surface area contributed by atoms with Gasteiger partial charge in [-0.25, -0.2) is 9.18 Å². The van der Waals surface area contributed by atoms with E-state index in [1.807, 2.05) is 0 Å². The predicted octanol–water partition coefficient (Wildman–Crippen LogP) is 1.76. The summed E-state index contributed by atoms with van der Waals surface area (Å²) in [7, 11) is 0. The highest BCUT2D eigenvalue weighted by Crippen LogP contribution is 2.17. The van der Waals surface area contributed by atoms with Crippen LogP contribution in [0.25, 0.3) is 6.08 Å². The number of amides is 2. The fourth-order valence-electron chi connectivity index (χ4n) is 2.49. The normalized spacial score (nSPS) is 17.5. The fraction of sp³-hybridized carbons (Fsp3) is 0.353. The Morgan fingerprint density at radius 1 is 1.40 bits per heavy atom. The van der Waals surface area contributed by atoms with Gasteiger partial charge < -0.3 is 15.4 Å². The summed E-state index contributed by atoms with van der Waals surface area (Å²) in [6, 6.07) is 4.00. The average molecular weight is 369 g/mol. The van der Waals surface area contributed by atoms with Crippen LogP contribution in [-0.2, 0) is 19.1 Å². The van der Waals surface area contributed by atoms with Gasteiger partial charge in [0.15, 0.2) is 6.61 Å². The molecule has 6 nitrogen and oxygen atoms in total. The lowest BCUT2D eigenvalue weighted by Gasteiger charge is -2.30. The molecule has 0 bridgehead atoms. The van der Waals surface area contributed by atoms with Crippen molar-refractivity contribution in [2.75, 3.05) is 19.7 Å². The summed E-state index contributed by atoms with van der Waals surface area (Å²) in [4.78, 5) is 36.4. The van der Waals surface area contributed by atoms with E-state index >= 15 is 0 Å². The molecule has 25 heavy (non-hydrogen) atoms. The zero-order valence-electron chi connectivity index (χ0n) is 13.4. The minimum Gasteiger partial charge on any atom is -0.452 e. The summed E-state index contributed by atoms with van der Waals surface area (Å²) < 4.78 is 17.9. The third-order valence-corrected chi connectivity index (χ3v) is 4.16. The van der Waals surface area contributed by atoms with E-state index in [1.165, 1.54) is 29.2 Å². The molecule has 8 heteroatoms. The lowest BCUT2D eigenvalue weighted by Crippen LogP contribution is -2.45. The zero-order chi connectivity index (χ0) is 18.4. The molecule has 2 amide bonds. The van der Waals surface area contributed by atoms with Gasteiger partial charge >= 0.3 is 5.97 Å². The van der Waals surface area contributed by atoms with E-state index < -0.39 is 24.3 Å². The summed E-state index contributed by atoms with van der Waals surface area (Å²) in [5.41, 5.74) is 5.79. The van der Waals surface area contributed by atoms with E-state index in [9.17, 15) is 18.8 Å². The number of rotatable bonds is 5. The van der Waals surface area contributed by atoms with Crippen molar-refractivity contribution in [1.29, 1.82) is 0 Å². The first kappa shape index (κ1) is 18.9. The second-order valence-electron chi connectivity index (χ2n) is 5.70. The highest BCUT2D eigenvalue weighted by Gasteiger charge is 2.27. The zero-order valence-corrected chi connectivity index (χ0v) is 14.2. The van der Waals surface area contributed by atoms with Gasteiger partial charge in [-0.15, -0.1) is 0 Å². The first-order chi connectivity index (χ1) is 11.9. The molecule has 1 heterocycles. The summed E-state index contributed by atoms with van der Waals surface area (Å²) >= 11 is 5.64. The molecule has 1 aliphatic heterocycles. The van der Waals surface area contributed by atoms with Crippen LogP contribution in [0.5, 0.6) is 0 Å². The molecule has 1 fully saturated rings. The molecule has 0 aromatic heterocycles.